The number of anilines is 2. The molecule has 11 nitrogen and oxygen atoms in total. The number of ether oxygens (including phenoxy) is 2. The summed E-state index contributed by atoms with van der Waals surface area (Å²) in [5.74, 6) is -2.53. The van der Waals surface area contributed by atoms with Crippen LogP contribution in [0.3, 0.4) is 0 Å². The van der Waals surface area contributed by atoms with Crippen LogP contribution in [0.25, 0.3) is 0 Å². The number of halogens is 2. The molecule has 0 aromatic heterocycles. The van der Waals surface area contributed by atoms with E-state index in [9.17, 15) is 28.3 Å². The van der Waals surface area contributed by atoms with E-state index < -0.39 is 36.6 Å². The van der Waals surface area contributed by atoms with Crippen LogP contribution in [-0.2, 0) is 14.4 Å². The Morgan fingerprint density at radius 2 is 2.03 bits per heavy atom. The van der Waals surface area contributed by atoms with Crippen LogP contribution in [0.4, 0.5) is 20.2 Å². The van der Waals surface area contributed by atoms with Crippen LogP contribution in [0.2, 0.25) is 0 Å². The number of amides is 2. The normalized spacial score (nSPS) is 20.4. The number of carbonyl (C=O) groups is 3. The molecule has 3 aliphatic heterocycles. The second-order valence-electron chi connectivity index (χ2n) is 9.12. The fraction of sp³-hybridized carbons (Fsp3) is 0.360. The van der Waals surface area contributed by atoms with Crippen molar-refractivity contribution in [3.05, 3.63) is 48.0 Å². The van der Waals surface area contributed by atoms with E-state index in [1.807, 2.05) is 6.07 Å². The van der Waals surface area contributed by atoms with Crippen LogP contribution >= 0.6 is 0 Å². The summed E-state index contributed by atoms with van der Waals surface area (Å²) in [6.45, 7) is 1.63. The third-order valence-electron chi connectivity index (χ3n) is 6.34. The minimum absolute atomic E-state index is 0.0646. The molecule has 13 heteroatoms. The fourth-order valence-corrected chi connectivity index (χ4v) is 4.54. The molecule has 0 spiro atoms. The summed E-state index contributed by atoms with van der Waals surface area (Å²) in [4.78, 5) is 43.3. The molecule has 3 heterocycles. The molecular weight excluding hydrogens is 504 g/mol. The van der Waals surface area contributed by atoms with Crippen LogP contribution < -0.4 is 30.3 Å². The number of guanidine groups is 1. The summed E-state index contributed by atoms with van der Waals surface area (Å²) in [7, 11) is 0. The monoisotopic (exact) mass is 529 g/mol. The third kappa shape index (κ3) is 5.61. The van der Waals surface area contributed by atoms with Crippen molar-refractivity contribution in [3.63, 3.8) is 0 Å². The SMILES string of the molecule is O=C(O)CC(NC(=O)C1CC(=O)N(c2cccc(NC3=NCCCN3)c2)C1)c1ccc2c(c1)OC(F)(F)O2. The Hall–Kier alpha value is -4.42. The number of carboxylic acids is 1. The summed E-state index contributed by atoms with van der Waals surface area (Å²) in [5.41, 5.74) is 1.58. The van der Waals surface area contributed by atoms with Crippen LogP contribution in [0.5, 0.6) is 11.5 Å². The van der Waals surface area contributed by atoms with Gasteiger partial charge in [-0.25, -0.2) is 0 Å². The molecule has 38 heavy (non-hydrogen) atoms. The van der Waals surface area contributed by atoms with Crippen LogP contribution in [-0.4, -0.2) is 54.8 Å². The lowest BCUT2D eigenvalue weighted by Gasteiger charge is -2.21. The predicted octanol–water partition coefficient (Wildman–Crippen LogP) is 2.45. The van der Waals surface area contributed by atoms with E-state index in [0.29, 0.717) is 11.6 Å². The summed E-state index contributed by atoms with van der Waals surface area (Å²) >= 11 is 0. The second-order valence-corrected chi connectivity index (χ2v) is 9.12. The standard InChI is InChI=1S/C25H25F2N5O6/c26-25(27)37-19-6-5-14(9-20(19)38-25)18(12-22(34)35)31-23(36)15-10-21(33)32(13-15)17-4-1-3-16(11-17)30-24-28-7-2-8-29-24/h1,3-6,9,11,15,18H,2,7-8,10,12-13H2,(H,31,36)(H,34,35)(H2,28,29,30). The average molecular weight is 530 g/mol. The van der Waals surface area contributed by atoms with E-state index in [4.69, 9.17) is 0 Å². The summed E-state index contributed by atoms with van der Waals surface area (Å²) in [6.07, 6.45) is -3.44. The minimum Gasteiger partial charge on any atom is -0.481 e. The maximum absolute atomic E-state index is 13.4. The van der Waals surface area contributed by atoms with Crippen LogP contribution in [0.15, 0.2) is 47.5 Å². The first-order chi connectivity index (χ1) is 18.2. The highest BCUT2D eigenvalue weighted by Gasteiger charge is 2.44. The topological polar surface area (TPSA) is 142 Å². The van der Waals surface area contributed by atoms with E-state index in [2.05, 4.69) is 30.4 Å². The van der Waals surface area contributed by atoms with Gasteiger partial charge in [-0.2, -0.15) is 0 Å². The van der Waals surface area contributed by atoms with Crippen LogP contribution in [0.1, 0.15) is 30.9 Å². The Kier molecular flexibility index (Phi) is 6.74. The Labute approximate surface area is 215 Å². The van der Waals surface area contributed by atoms with E-state index in [-0.39, 0.29) is 35.9 Å². The zero-order chi connectivity index (χ0) is 26.9. The van der Waals surface area contributed by atoms with E-state index in [1.54, 1.807) is 18.2 Å². The number of benzene rings is 2. The number of nitrogens with zero attached hydrogens (tertiary/aromatic N) is 2. The van der Waals surface area contributed by atoms with Gasteiger partial charge in [-0.05, 0) is 42.3 Å². The molecular formula is C25H25F2N5O6. The van der Waals surface area contributed by atoms with Gasteiger partial charge in [0.2, 0.25) is 11.8 Å². The average Bonchev–Trinajstić information content (AvgIpc) is 3.41. The number of alkyl halides is 2. The Morgan fingerprint density at radius 3 is 2.79 bits per heavy atom. The van der Waals surface area contributed by atoms with Gasteiger partial charge in [-0.1, -0.05) is 12.1 Å². The molecule has 1 fully saturated rings. The van der Waals surface area contributed by atoms with Gasteiger partial charge < -0.3 is 35.4 Å². The number of hydrogen-bond acceptors (Lipinski definition) is 8. The van der Waals surface area contributed by atoms with Crippen molar-refractivity contribution in [2.75, 3.05) is 29.9 Å². The van der Waals surface area contributed by atoms with E-state index in [0.717, 1.165) is 25.2 Å². The molecule has 3 aliphatic rings. The first-order valence-corrected chi connectivity index (χ1v) is 12.0. The van der Waals surface area contributed by atoms with Gasteiger partial charge in [0.1, 0.15) is 0 Å². The van der Waals surface area contributed by atoms with Gasteiger partial charge in [0.25, 0.3) is 0 Å². The zero-order valence-electron chi connectivity index (χ0n) is 20.1. The van der Waals surface area contributed by atoms with Crippen molar-refractivity contribution in [1.29, 1.82) is 0 Å². The van der Waals surface area contributed by atoms with Crippen LogP contribution in [0, 0.1) is 5.92 Å². The molecule has 4 N–H and O–H groups in total. The van der Waals surface area contributed by atoms with Crippen molar-refractivity contribution in [1.82, 2.24) is 10.6 Å². The molecule has 5 rings (SSSR count). The molecule has 2 aromatic carbocycles. The zero-order valence-corrected chi connectivity index (χ0v) is 20.1. The van der Waals surface area contributed by atoms with Gasteiger partial charge in [0, 0.05) is 37.4 Å². The second kappa shape index (κ2) is 10.1. The van der Waals surface area contributed by atoms with Crippen molar-refractivity contribution < 1.29 is 37.7 Å². The largest absolute Gasteiger partial charge is 0.586 e. The van der Waals surface area contributed by atoms with Crippen molar-refractivity contribution >= 4 is 35.1 Å². The van der Waals surface area contributed by atoms with Crippen molar-refractivity contribution in [2.45, 2.75) is 31.6 Å². The van der Waals surface area contributed by atoms with E-state index >= 15 is 0 Å². The smallest absolute Gasteiger partial charge is 0.481 e. The van der Waals surface area contributed by atoms with Gasteiger partial charge >= 0.3 is 12.3 Å². The number of hydrogen-bond donors (Lipinski definition) is 4. The summed E-state index contributed by atoms with van der Waals surface area (Å²) in [5, 5.41) is 18.4. The number of aliphatic imine (C=N–C) groups is 1. The molecule has 1 saturated heterocycles. The molecule has 2 atom stereocenters. The van der Waals surface area contributed by atoms with E-state index in [1.165, 1.54) is 23.1 Å². The van der Waals surface area contributed by atoms with Gasteiger partial charge in [0.15, 0.2) is 17.5 Å². The lowest BCUT2D eigenvalue weighted by atomic mass is 10.0. The highest BCUT2D eigenvalue weighted by molar-refractivity contribution is 6.01. The maximum atomic E-state index is 13.4. The number of nitrogens with one attached hydrogen (secondary N) is 3. The Balaban J connectivity index is 1.27. The summed E-state index contributed by atoms with van der Waals surface area (Å²) in [6, 6.07) is 9.94. The number of aliphatic carboxylic acids is 1. The quantitative estimate of drug-likeness (QED) is 0.429. The highest BCUT2D eigenvalue weighted by atomic mass is 19.3. The minimum atomic E-state index is -3.83. The first kappa shape index (κ1) is 25.2. The highest BCUT2D eigenvalue weighted by Crippen LogP contribution is 2.42. The van der Waals surface area contributed by atoms with Crippen molar-refractivity contribution in [3.8, 4) is 11.5 Å². The molecule has 0 aliphatic carbocycles. The predicted molar refractivity (Wildman–Crippen MR) is 131 cm³/mol. The molecule has 200 valence electrons. The lowest BCUT2D eigenvalue weighted by molar-refractivity contribution is -0.286. The summed E-state index contributed by atoms with van der Waals surface area (Å²) < 4.78 is 35.6. The maximum Gasteiger partial charge on any atom is 0.586 e. The molecule has 2 amide bonds. The molecule has 2 unspecified atom stereocenters. The van der Waals surface area contributed by atoms with Gasteiger partial charge in [0.05, 0.1) is 18.4 Å². The molecule has 2 aromatic rings. The number of fused-ring (bicyclic) bond motifs is 1. The lowest BCUT2D eigenvalue weighted by Crippen LogP contribution is -2.36. The third-order valence-corrected chi connectivity index (χ3v) is 6.34. The number of carboxylic acid groups (broad SMARTS) is 1. The van der Waals surface area contributed by atoms with Gasteiger partial charge in [-0.3, -0.25) is 19.4 Å². The fourth-order valence-electron chi connectivity index (χ4n) is 4.54. The molecule has 0 radical (unpaired) electrons. The Morgan fingerprint density at radius 1 is 1.21 bits per heavy atom. The Bertz CT molecular complexity index is 1300. The molecule has 0 saturated carbocycles. The molecule has 0 bridgehead atoms. The number of carbonyl (C=O) groups excluding carboxylic acids is 2. The van der Waals surface area contributed by atoms with Crippen molar-refractivity contribution in [2.24, 2.45) is 10.9 Å². The van der Waals surface area contributed by atoms with Gasteiger partial charge in [-0.15, -0.1) is 8.78 Å². The number of rotatable bonds is 7. The first-order valence-electron chi connectivity index (χ1n) is 12.0.